The molecule has 0 saturated carbocycles. The first-order chi connectivity index (χ1) is 5.17. The lowest BCUT2D eigenvalue weighted by atomic mass is 10.1. The molecule has 0 saturated heterocycles. The van der Waals surface area contributed by atoms with Crippen molar-refractivity contribution < 1.29 is 9.59 Å². The standard InChI is InChI=1S/C9H10O2/c1-4-8(6-10)9(5-2)7(3)11/h4-6H,1-2H2,3H3/b9-8-. The highest BCUT2D eigenvalue weighted by Crippen LogP contribution is 2.05. The second kappa shape index (κ2) is 4.39. The van der Waals surface area contributed by atoms with Gasteiger partial charge in [-0.3, -0.25) is 9.59 Å². The molecule has 0 aromatic heterocycles. The summed E-state index contributed by atoms with van der Waals surface area (Å²) in [7, 11) is 0. The molecule has 0 spiro atoms. The second-order valence-electron chi connectivity index (χ2n) is 1.95. The minimum absolute atomic E-state index is 0.179. The van der Waals surface area contributed by atoms with E-state index in [9.17, 15) is 9.59 Å². The van der Waals surface area contributed by atoms with Crippen molar-refractivity contribution in [2.45, 2.75) is 6.92 Å². The van der Waals surface area contributed by atoms with E-state index in [2.05, 4.69) is 13.2 Å². The summed E-state index contributed by atoms with van der Waals surface area (Å²) >= 11 is 0. The highest BCUT2D eigenvalue weighted by Gasteiger charge is 2.03. The van der Waals surface area contributed by atoms with E-state index < -0.39 is 0 Å². The fourth-order valence-electron chi connectivity index (χ4n) is 0.686. The molecular weight excluding hydrogens is 140 g/mol. The first-order valence-electron chi connectivity index (χ1n) is 3.12. The predicted molar refractivity (Wildman–Crippen MR) is 44.2 cm³/mol. The third-order valence-electron chi connectivity index (χ3n) is 1.24. The van der Waals surface area contributed by atoms with Gasteiger partial charge in [0.2, 0.25) is 0 Å². The average Bonchev–Trinajstić information content (AvgIpc) is 1.99. The van der Waals surface area contributed by atoms with Gasteiger partial charge in [0.15, 0.2) is 12.1 Å². The Morgan fingerprint density at radius 3 is 1.91 bits per heavy atom. The van der Waals surface area contributed by atoms with Crippen molar-refractivity contribution in [3.63, 3.8) is 0 Å². The van der Waals surface area contributed by atoms with Gasteiger partial charge in [-0.05, 0) is 6.92 Å². The molecule has 0 rings (SSSR count). The quantitative estimate of drug-likeness (QED) is 0.345. The lowest BCUT2D eigenvalue weighted by Crippen LogP contribution is -1.98. The largest absolute Gasteiger partial charge is 0.298 e. The molecule has 0 fully saturated rings. The van der Waals surface area contributed by atoms with Gasteiger partial charge in [0, 0.05) is 11.1 Å². The number of ketones is 1. The molecule has 0 N–H and O–H groups in total. The van der Waals surface area contributed by atoms with Gasteiger partial charge >= 0.3 is 0 Å². The summed E-state index contributed by atoms with van der Waals surface area (Å²) in [6.07, 6.45) is 3.28. The van der Waals surface area contributed by atoms with Crippen LogP contribution in [0, 0.1) is 0 Å². The molecule has 0 atom stereocenters. The predicted octanol–water partition coefficient (Wildman–Crippen LogP) is 1.44. The summed E-state index contributed by atoms with van der Waals surface area (Å²) in [5, 5.41) is 0. The SMILES string of the molecule is C=C/C(C=O)=C(\C=C)C(C)=O. The highest BCUT2D eigenvalue weighted by molar-refractivity contribution is 6.02. The van der Waals surface area contributed by atoms with Crippen LogP contribution in [0.2, 0.25) is 0 Å². The van der Waals surface area contributed by atoms with Gasteiger partial charge in [-0.25, -0.2) is 0 Å². The third-order valence-corrected chi connectivity index (χ3v) is 1.24. The molecule has 0 aliphatic rings. The Morgan fingerprint density at radius 1 is 1.27 bits per heavy atom. The van der Waals surface area contributed by atoms with Crippen molar-refractivity contribution in [1.29, 1.82) is 0 Å². The van der Waals surface area contributed by atoms with Gasteiger partial charge in [-0.2, -0.15) is 0 Å². The zero-order valence-corrected chi connectivity index (χ0v) is 6.46. The normalized spacial score (nSPS) is 11.4. The third kappa shape index (κ3) is 2.34. The van der Waals surface area contributed by atoms with Gasteiger partial charge in [-0.15, -0.1) is 0 Å². The number of carbonyl (C=O) groups excluding carboxylic acids is 2. The van der Waals surface area contributed by atoms with E-state index in [0.717, 1.165) is 0 Å². The van der Waals surface area contributed by atoms with Gasteiger partial charge in [0.25, 0.3) is 0 Å². The zero-order chi connectivity index (χ0) is 8.85. The Balaban J connectivity index is 5.08. The van der Waals surface area contributed by atoms with Gasteiger partial charge in [-0.1, -0.05) is 25.3 Å². The Morgan fingerprint density at radius 2 is 1.82 bits per heavy atom. The van der Waals surface area contributed by atoms with Gasteiger partial charge in [0.1, 0.15) is 0 Å². The number of aldehydes is 1. The van der Waals surface area contributed by atoms with Crippen molar-refractivity contribution in [3.05, 3.63) is 36.5 Å². The highest BCUT2D eigenvalue weighted by atomic mass is 16.1. The second-order valence-corrected chi connectivity index (χ2v) is 1.95. The summed E-state index contributed by atoms with van der Waals surface area (Å²) in [5.74, 6) is -0.179. The van der Waals surface area contributed by atoms with Crippen LogP contribution in [0.5, 0.6) is 0 Å². The molecule has 0 heterocycles. The van der Waals surface area contributed by atoms with E-state index in [1.807, 2.05) is 0 Å². The van der Waals surface area contributed by atoms with Crippen LogP contribution in [0.4, 0.5) is 0 Å². The van der Waals surface area contributed by atoms with Crippen LogP contribution in [0.15, 0.2) is 36.5 Å². The Hall–Kier alpha value is -1.44. The van der Waals surface area contributed by atoms with E-state index in [1.54, 1.807) is 0 Å². The molecule has 11 heavy (non-hydrogen) atoms. The first-order valence-corrected chi connectivity index (χ1v) is 3.12. The Labute approximate surface area is 65.9 Å². The number of rotatable bonds is 4. The van der Waals surface area contributed by atoms with Crippen LogP contribution in [-0.2, 0) is 9.59 Å². The number of Topliss-reactive ketones (excluding diaryl/α,β-unsaturated/α-hetero) is 1. The molecule has 0 aliphatic heterocycles. The van der Waals surface area contributed by atoms with Crippen LogP contribution < -0.4 is 0 Å². The fraction of sp³-hybridized carbons (Fsp3) is 0.111. The van der Waals surface area contributed by atoms with Crippen LogP contribution in [0.1, 0.15) is 6.92 Å². The number of allylic oxidation sites excluding steroid dienone is 4. The molecule has 0 unspecified atom stereocenters. The van der Waals surface area contributed by atoms with E-state index in [4.69, 9.17) is 0 Å². The number of carbonyl (C=O) groups is 2. The average molecular weight is 150 g/mol. The molecular formula is C9H10O2. The molecule has 0 aromatic carbocycles. The van der Waals surface area contributed by atoms with Gasteiger partial charge < -0.3 is 0 Å². The lowest BCUT2D eigenvalue weighted by Gasteiger charge is -1.96. The molecule has 0 aromatic rings. The molecule has 2 nitrogen and oxygen atoms in total. The minimum Gasteiger partial charge on any atom is -0.298 e. The van der Waals surface area contributed by atoms with Crippen LogP contribution in [-0.4, -0.2) is 12.1 Å². The topological polar surface area (TPSA) is 34.1 Å². The lowest BCUT2D eigenvalue weighted by molar-refractivity contribution is -0.113. The van der Waals surface area contributed by atoms with E-state index in [-0.39, 0.29) is 11.4 Å². The smallest absolute Gasteiger partial charge is 0.160 e. The number of hydrogen-bond donors (Lipinski definition) is 0. The Kier molecular flexibility index (Phi) is 3.81. The van der Waals surface area contributed by atoms with Crippen molar-refractivity contribution >= 4 is 12.1 Å². The van der Waals surface area contributed by atoms with Crippen molar-refractivity contribution in [3.8, 4) is 0 Å². The molecule has 58 valence electrons. The van der Waals surface area contributed by atoms with Crippen molar-refractivity contribution in [1.82, 2.24) is 0 Å². The number of hydrogen-bond acceptors (Lipinski definition) is 2. The fourth-order valence-corrected chi connectivity index (χ4v) is 0.686. The van der Waals surface area contributed by atoms with E-state index in [0.29, 0.717) is 11.9 Å². The van der Waals surface area contributed by atoms with Crippen molar-refractivity contribution in [2.75, 3.05) is 0 Å². The Bertz CT molecular complexity index is 224. The summed E-state index contributed by atoms with van der Waals surface area (Å²) in [6, 6.07) is 0. The zero-order valence-electron chi connectivity index (χ0n) is 6.46. The first kappa shape index (κ1) is 9.56. The van der Waals surface area contributed by atoms with Crippen LogP contribution in [0.3, 0.4) is 0 Å². The molecule has 2 heteroatoms. The summed E-state index contributed by atoms with van der Waals surface area (Å²) in [4.78, 5) is 21.1. The molecule has 0 amide bonds. The molecule has 0 bridgehead atoms. The summed E-state index contributed by atoms with van der Waals surface area (Å²) in [5.41, 5.74) is 0.600. The van der Waals surface area contributed by atoms with Crippen molar-refractivity contribution in [2.24, 2.45) is 0 Å². The van der Waals surface area contributed by atoms with Gasteiger partial charge in [0.05, 0.1) is 0 Å². The maximum Gasteiger partial charge on any atom is 0.160 e. The van der Waals surface area contributed by atoms with Crippen LogP contribution in [0.25, 0.3) is 0 Å². The van der Waals surface area contributed by atoms with E-state index in [1.165, 1.54) is 19.1 Å². The summed E-state index contributed by atoms with van der Waals surface area (Å²) < 4.78 is 0. The van der Waals surface area contributed by atoms with E-state index >= 15 is 0 Å². The monoisotopic (exact) mass is 150 g/mol. The minimum atomic E-state index is -0.179. The van der Waals surface area contributed by atoms with Crippen LogP contribution >= 0.6 is 0 Å². The molecule has 0 aliphatic carbocycles. The maximum absolute atomic E-state index is 10.8. The molecule has 0 radical (unpaired) electrons. The maximum atomic E-state index is 10.8. The summed E-state index contributed by atoms with van der Waals surface area (Å²) in [6.45, 7) is 8.19.